The highest BCUT2D eigenvalue weighted by molar-refractivity contribution is 7.98. The maximum atomic E-state index is 13.0. The van der Waals surface area contributed by atoms with Crippen molar-refractivity contribution in [3.63, 3.8) is 0 Å². The molecule has 16 heavy (non-hydrogen) atoms. The number of hydrogen-bond donors (Lipinski definition) is 1. The van der Waals surface area contributed by atoms with Crippen molar-refractivity contribution < 1.29 is 4.39 Å². The molecule has 1 atom stereocenters. The topological polar surface area (TPSA) is 12.0 Å². The molecular formula is C13H20FNS. The average Bonchev–Trinajstić information content (AvgIpc) is 2.26. The third kappa shape index (κ3) is 4.99. The fourth-order valence-electron chi connectivity index (χ4n) is 1.69. The van der Waals surface area contributed by atoms with Crippen molar-refractivity contribution >= 4 is 11.8 Å². The lowest BCUT2D eigenvalue weighted by Gasteiger charge is -2.17. The molecule has 0 bridgehead atoms. The highest BCUT2D eigenvalue weighted by Crippen LogP contribution is 2.09. The van der Waals surface area contributed by atoms with E-state index in [0.29, 0.717) is 6.04 Å². The average molecular weight is 241 g/mol. The summed E-state index contributed by atoms with van der Waals surface area (Å²) in [7, 11) is 0. The van der Waals surface area contributed by atoms with Crippen LogP contribution in [0.25, 0.3) is 0 Å². The van der Waals surface area contributed by atoms with Gasteiger partial charge in [0.05, 0.1) is 0 Å². The Morgan fingerprint density at radius 2 is 2.25 bits per heavy atom. The van der Waals surface area contributed by atoms with Crippen LogP contribution in [-0.2, 0) is 6.42 Å². The van der Waals surface area contributed by atoms with Gasteiger partial charge < -0.3 is 5.32 Å². The maximum Gasteiger partial charge on any atom is 0.123 e. The Bertz CT molecular complexity index is 304. The summed E-state index contributed by atoms with van der Waals surface area (Å²) in [6.07, 6.45) is 4.14. The van der Waals surface area contributed by atoms with Crippen molar-refractivity contribution in [2.45, 2.75) is 25.8 Å². The van der Waals surface area contributed by atoms with Gasteiger partial charge in [-0.25, -0.2) is 4.39 Å². The van der Waals surface area contributed by atoms with Crippen LogP contribution in [0.15, 0.2) is 24.3 Å². The SMILES string of the molecule is CCCNC(CSC)Cc1cccc(F)c1. The zero-order chi connectivity index (χ0) is 11.8. The Labute approximate surface area is 102 Å². The van der Waals surface area contributed by atoms with E-state index in [1.54, 1.807) is 12.1 Å². The largest absolute Gasteiger partial charge is 0.313 e. The van der Waals surface area contributed by atoms with Gasteiger partial charge in [-0.05, 0) is 43.3 Å². The van der Waals surface area contributed by atoms with Gasteiger partial charge in [-0.3, -0.25) is 0 Å². The van der Waals surface area contributed by atoms with Crippen LogP contribution < -0.4 is 5.32 Å². The Morgan fingerprint density at radius 1 is 1.44 bits per heavy atom. The van der Waals surface area contributed by atoms with Crippen LogP contribution in [-0.4, -0.2) is 24.6 Å². The van der Waals surface area contributed by atoms with Crippen LogP contribution in [0, 0.1) is 5.82 Å². The standard InChI is InChI=1S/C13H20FNS/c1-3-7-15-13(10-16-2)9-11-5-4-6-12(14)8-11/h4-6,8,13,15H,3,7,9-10H2,1-2H3. The van der Waals surface area contributed by atoms with E-state index in [4.69, 9.17) is 0 Å². The van der Waals surface area contributed by atoms with Crippen molar-refractivity contribution in [2.75, 3.05) is 18.6 Å². The quantitative estimate of drug-likeness (QED) is 0.787. The van der Waals surface area contributed by atoms with Crippen molar-refractivity contribution in [1.29, 1.82) is 0 Å². The van der Waals surface area contributed by atoms with Crippen molar-refractivity contribution in [3.05, 3.63) is 35.6 Å². The van der Waals surface area contributed by atoms with E-state index < -0.39 is 0 Å². The van der Waals surface area contributed by atoms with Crippen LogP contribution >= 0.6 is 11.8 Å². The highest BCUT2D eigenvalue weighted by Gasteiger charge is 2.08. The molecule has 0 radical (unpaired) electrons. The molecule has 0 saturated heterocycles. The first-order valence-corrected chi connectivity index (χ1v) is 7.12. The predicted molar refractivity (Wildman–Crippen MR) is 70.6 cm³/mol. The molecule has 1 nitrogen and oxygen atoms in total. The van der Waals surface area contributed by atoms with Crippen LogP contribution in [0.5, 0.6) is 0 Å². The number of halogens is 1. The zero-order valence-corrected chi connectivity index (χ0v) is 10.8. The van der Waals surface area contributed by atoms with Crippen molar-refractivity contribution in [2.24, 2.45) is 0 Å². The first-order chi connectivity index (χ1) is 7.76. The molecule has 0 heterocycles. The molecular weight excluding hydrogens is 221 g/mol. The Balaban J connectivity index is 2.52. The fourth-order valence-corrected chi connectivity index (χ4v) is 2.33. The van der Waals surface area contributed by atoms with Gasteiger partial charge in [-0.2, -0.15) is 11.8 Å². The smallest absolute Gasteiger partial charge is 0.123 e. The molecule has 0 amide bonds. The second-order valence-corrected chi connectivity index (χ2v) is 4.85. The second-order valence-electron chi connectivity index (χ2n) is 3.94. The number of nitrogens with one attached hydrogen (secondary N) is 1. The summed E-state index contributed by atoms with van der Waals surface area (Å²) >= 11 is 1.83. The van der Waals surface area contributed by atoms with E-state index in [0.717, 1.165) is 30.7 Å². The molecule has 0 aromatic heterocycles. The summed E-state index contributed by atoms with van der Waals surface area (Å²) in [5.74, 6) is 0.923. The van der Waals surface area contributed by atoms with Crippen molar-refractivity contribution in [1.82, 2.24) is 5.32 Å². The Kier molecular flexibility index (Phi) is 6.50. The Hall–Kier alpha value is -0.540. The van der Waals surface area contributed by atoms with Gasteiger partial charge in [0.25, 0.3) is 0 Å². The highest BCUT2D eigenvalue weighted by atomic mass is 32.2. The molecule has 0 saturated carbocycles. The summed E-state index contributed by atoms with van der Waals surface area (Å²) < 4.78 is 13.0. The number of benzene rings is 1. The van der Waals surface area contributed by atoms with E-state index in [2.05, 4.69) is 18.5 Å². The molecule has 3 heteroatoms. The van der Waals surface area contributed by atoms with Crippen LogP contribution in [0.4, 0.5) is 4.39 Å². The number of thioether (sulfide) groups is 1. The molecule has 0 aliphatic carbocycles. The first kappa shape index (κ1) is 13.5. The van der Waals surface area contributed by atoms with Crippen LogP contribution in [0.2, 0.25) is 0 Å². The molecule has 1 aromatic rings. The molecule has 0 aliphatic rings. The minimum absolute atomic E-state index is 0.143. The monoisotopic (exact) mass is 241 g/mol. The lowest BCUT2D eigenvalue weighted by Crippen LogP contribution is -2.33. The lowest BCUT2D eigenvalue weighted by atomic mass is 10.1. The molecule has 0 fully saturated rings. The van der Waals surface area contributed by atoms with Crippen molar-refractivity contribution in [3.8, 4) is 0 Å². The third-order valence-corrected chi connectivity index (χ3v) is 3.16. The zero-order valence-electron chi connectivity index (χ0n) is 10.0. The van der Waals surface area contributed by atoms with Gasteiger partial charge in [-0.15, -0.1) is 0 Å². The maximum absolute atomic E-state index is 13.0. The van der Waals surface area contributed by atoms with Crippen LogP contribution in [0.3, 0.4) is 0 Å². The van der Waals surface area contributed by atoms with Gasteiger partial charge in [0.2, 0.25) is 0 Å². The van der Waals surface area contributed by atoms with Gasteiger partial charge in [0.1, 0.15) is 5.82 Å². The number of hydrogen-bond acceptors (Lipinski definition) is 2. The van der Waals surface area contributed by atoms with Crippen LogP contribution in [0.1, 0.15) is 18.9 Å². The molecule has 1 aromatic carbocycles. The molecule has 90 valence electrons. The van der Waals surface area contributed by atoms with E-state index in [9.17, 15) is 4.39 Å². The first-order valence-electron chi connectivity index (χ1n) is 5.73. The molecule has 0 aliphatic heterocycles. The predicted octanol–water partition coefficient (Wildman–Crippen LogP) is 3.10. The molecule has 0 spiro atoms. The lowest BCUT2D eigenvalue weighted by molar-refractivity contribution is 0.548. The third-order valence-electron chi connectivity index (χ3n) is 2.42. The number of rotatable bonds is 7. The van der Waals surface area contributed by atoms with Gasteiger partial charge in [0, 0.05) is 11.8 Å². The summed E-state index contributed by atoms with van der Waals surface area (Å²) in [5, 5.41) is 3.49. The molecule has 1 unspecified atom stereocenters. The summed E-state index contributed by atoms with van der Waals surface area (Å²) in [5.41, 5.74) is 1.07. The van der Waals surface area contributed by atoms with Gasteiger partial charge in [-0.1, -0.05) is 19.1 Å². The normalized spacial score (nSPS) is 12.7. The van der Waals surface area contributed by atoms with E-state index in [1.807, 2.05) is 17.8 Å². The van der Waals surface area contributed by atoms with E-state index in [-0.39, 0.29) is 5.82 Å². The van der Waals surface area contributed by atoms with E-state index >= 15 is 0 Å². The minimum atomic E-state index is -0.143. The van der Waals surface area contributed by atoms with E-state index in [1.165, 1.54) is 6.07 Å². The molecule has 1 rings (SSSR count). The summed E-state index contributed by atoms with van der Waals surface area (Å²) in [6, 6.07) is 7.33. The second kappa shape index (κ2) is 7.69. The summed E-state index contributed by atoms with van der Waals surface area (Å²) in [4.78, 5) is 0. The van der Waals surface area contributed by atoms with Gasteiger partial charge in [0.15, 0.2) is 0 Å². The Morgan fingerprint density at radius 3 is 2.88 bits per heavy atom. The molecule has 1 N–H and O–H groups in total. The summed E-state index contributed by atoms with van der Waals surface area (Å²) in [6.45, 7) is 3.19. The fraction of sp³-hybridized carbons (Fsp3) is 0.538. The van der Waals surface area contributed by atoms with Gasteiger partial charge >= 0.3 is 0 Å². The minimum Gasteiger partial charge on any atom is -0.313 e.